The lowest BCUT2D eigenvalue weighted by Gasteiger charge is -2.30. The Labute approximate surface area is 151 Å². The monoisotopic (exact) mass is 361 g/mol. The van der Waals surface area contributed by atoms with Crippen LogP contribution in [-0.4, -0.2) is 13.2 Å². The molecule has 0 amide bonds. The van der Waals surface area contributed by atoms with Crippen molar-refractivity contribution in [1.82, 2.24) is 0 Å². The molecule has 0 aliphatic heterocycles. The molecule has 0 aliphatic rings. The van der Waals surface area contributed by atoms with Crippen LogP contribution < -0.4 is 5.32 Å². The standard InChI is InChI=1S/C20H28NO3P/c1-6-23-25(22,24-7-2)20(21-18-11-9-8-10-12-18)19-16(4)13-15(3)14-17(19)5/h8-14,20-21H,6-7H2,1-5H3. The molecule has 0 fully saturated rings. The summed E-state index contributed by atoms with van der Waals surface area (Å²) in [6.07, 6.45) is 0. The molecule has 2 rings (SSSR count). The van der Waals surface area contributed by atoms with Crippen LogP contribution in [0, 0.1) is 20.8 Å². The second kappa shape index (κ2) is 8.66. The Hall–Kier alpha value is -1.61. The van der Waals surface area contributed by atoms with Gasteiger partial charge in [-0.1, -0.05) is 35.9 Å². The van der Waals surface area contributed by atoms with Crippen LogP contribution in [0.2, 0.25) is 0 Å². The summed E-state index contributed by atoms with van der Waals surface area (Å²) in [7, 11) is -3.40. The van der Waals surface area contributed by atoms with E-state index in [1.807, 2.05) is 58.0 Å². The van der Waals surface area contributed by atoms with Gasteiger partial charge < -0.3 is 14.4 Å². The Morgan fingerprint density at radius 2 is 1.48 bits per heavy atom. The second-order valence-corrected chi connectivity index (χ2v) is 8.21. The topological polar surface area (TPSA) is 47.6 Å². The first-order valence-electron chi connectivity index (χ1n) is 8.69. The third-order valence-corrected chi connectivity index (χ3v) is 6.28. The molecule has 1 N–H and O–H groups in total. The van der Waals surface area contributed by atoms with Crippen LogP contribution in [0.4, 0.5) is 5.69 Å². The summed E-state index contributed by atoms with van der Waals surface area (Å²) < 4.78 is 24.9. The van der Waals surface area contributed by atoms with E-state index in [9.17, 15) is 4.57 Å². The van der Waals surface area contributed by atoms with Crippen molar-refractivity contribution in [3.05, 3.63) is 64.7 Å². The van der Waals surface area contributed by atoms with E-state index in [-0.39, 0.29) is 0 Å². The van der Waals surface area contributed by atoms with Crippen molar-refractivity contribution in [1.29, 1.82) is 0 Å². The molecule has 0 aromatic heterocycles. The van der Waals surface area contributed by atoms with Gasteiger partial charge >= 0.3 is 7.60 Å². The molecule has 1 unspecified atom stereocenters. The summed E-state index contributed by atoms with van der Waals surface area (Å²) in [6, 6.07) is 13.9. The molecule has 0 spiro atoms. The zero-order valence-corrected chi connectivity index (χ0v) is 16.6. The Kier molecular flexibility index (Phi) is 6.83. The lowest BCUT2D eigenvalue weighted by molar-refractivity contribution is 0.214. The maximum Gasteiger partial charge on any atom is 0.357 e. The second-order valence-electron chi connectivity index (χ2n) is 6.10. The normalized spacial score (nSPS) is 12.8. The van der Waals surface area contributed by atoms with Gasteiger partial charge in [-0.3, -0.25) is 4.57 Å². The van der Waals surface area contributed by atoms with E-state index in [0.29, 0.717) is 13.2 Å². The van der Waals surface area contributed by atoms with Gasteiger partial charge in [-0.05, 0) is 63.4 Å². The number of para-hydroxylation sites is 1. The Morgan fingerprint density at radius 3 is 1.96 bits per heavy atom. The zero-order valence-electron chi connectivity index (χ0n) is 15.7. The summed E-state index contributed by atoms with van der Waals surface area (Å²) >= 11 is 0. The fourth-order valence-corrected chi connectivity index (χ4v) is 5.29. The van der Waals surface area contributed by atoms with Gasteiger partial charge in [0.25, 0.3) is 0 Å². The van der Waals surface area contributed by atoms with Crippen LogP contribution in [-0.2, 0) is 13.6 Å². The summed E-state index contributed by atoms with van der Waals surface area (Å²) in [6.45, 7) is 10.5. The van der Waals surface area contributed by atoms with Gasteiger partial charge in [0.2, 0.25) is 0 Å². The molecule has 5 heteroatoms. The van der Waals surface area contributed by atoms with Crippen molar-refractivity contribution in [2.24, 2.45) is 0 Å². The van der Waals surface area contributed by atoms with Crippen LogP contribution in [0.1, 0.15) is 41.9 Å². The highest BCUT2D eigenvalue weighted by Crippen LogP contribution is 2.61. The molecule has 2 aromatic rings. The van der Waals surface area contributed by atoms with Gasteiger partial charge in [-0.25, -0.2) is 0 Å². The molecular formula is C20H28NO3P. The molecule has 4 nitrogen and oxygen atoms in total. The fraction of sp³-hybridized carbons (Fsp3) is 0.400. The molecule has 0 saturated heterocycles. The molecular weight excluding hydrogens is 333 g/mol. The SMILES string of the molecule is CCOP(=O)(OCC)C(Nc1ccccc1)c1c(C)cc(C)cc1C. The number of benzene rings is 2. The fourth-order valence-electron chi connectivity index (χ4n) is 3.17. The number of hydrogen-bond donors (Lipinski definition) is 1. The van der Waals surface area contributed by atoms with Gasteiger partial charge in [-0.2, -0.15) is 0 Å². The largest absolute Gasteiger partial charge is 0.368 e. The smallest absolute Gasteiger partial charge is 0.357 e. The average Bonchev–Trinajstić information content (AvgIpc) is 2.54. The minimum absolute atomic E-state index is 0.328. The van der Waals surface area contributed by atoms with E-state index in [0.717, 1.165) is 22.4 Å². The molecule has 0 heterocycles. The molecule has 2 aromatic carbocycles. The highest BCUT2D eigenvalue weighted by atomic mass is 31.2. The lowest BCUT2D eigenvalue weighted by Crippen LogP contribution is -2.17. The van der Waals surface area contributed by atoms with Crippen molar-refractivity contribution in [3.63, 3.8) is 0 Å². The summed E-state index contributed by atoms with van der Waals surface area (Å²) in [5, 5.41) is 3.39. The van der Waals surface area contributed by atoms with Crippen LogP contribution in [0.15, 0.2) is 42.5 Å². The number of hydrogen-bond acceptors (Lipinski definition) is 4. The molecule has 136 valence electrons. The van der Waals surface area contributed by atoms with Crippen molar-refractivity contribution >= 4 is 13.3 Å². The van der Waals surface area contributed by atoms with Gasteiger partial charge in [0.05, 0.1) is 13.2 Å². The van der Waals surface area contributed by atoms with E-state index < -0.39 is 13.4 Å². The Morgan fingerprint density at radius 1 is 0.960 bits per heavy atom. The summed E-state index contributed by atoms with van der Waals surface area (Å²) in [5.74, 6) is -0.560. The number of anilines is 1. The quantitative estimate of drug-likeness (QED) is 0.587. The van der Waals surface area contributed by atoms with Gasteiger partial charge in [0.1, 0.15) is 0 Å². The van der Waals surface area contributed by atoms with E-state index >= 15 is 0 Å². The minimum Gasteiger partial charge on any atom is -0.368 e. The highest BCUT2D eigenvalue weighted by Gasteiger charge is 2.38. The first-order chi connectivity index (χ1) is 11.9. The van der Waals surface area contributed by atoms with Crippen LogP contribution in [0.3, 0.4) is 0 Å². The van der Waals surface area contributed by atoms with Crippen molar-refractivity contribution < 1.29 is 13.6 Å². The minimum atomic E-state index is -3.40. The number of aryl methyl sites for hydroxylation is 3. The van der Waals surface area contributed by atoms with Crippen molar-refractivity contribution in [3.8, 4) is 0 Å². The Bertz CT molecular complexity index is 713. The number of rotatable bonds is 8. The predicted molar refractivity (Wildman–Crippen MR) is 104 cm³/mol. The maximum absolute atomic E-state index is 13.6. The average molecular weight is 361 g/mol. The summed E-state index contributed by atoms with van der Waals surface area (Å²) in [5.41, 5.74) is 5.18. The molecule has 25 heavy (non-hydrogen) atoms. The highest BCUT2D eigenvalue weighted by molar-refractivity contribution is 7.54. The lowest BCUT2D eigenvalue weighted by atomic mass is 9.99. The molecule has 0 aliphatic carbocycles. The van der Waals surface area contributed by atoms with Crippen molar-refractivity contribution in [2.45, 2.75) is 40.4 Å². The summed E-state index contributed by atoms with van der Waals surface area (Å²) in [4.78, 5) is 0. The number of nitrogens with one attached hydrogen (secondary N) is 1. The van der Waals surface area contributed by atoms with Gasteiger partial charge in [0.15, 0.2) is 5.78 Å². The maximum atomic E-state index is 13.6. The molecule has 0 saturated carbocycles. The first-order valence-corrected chi connectivity index (χ1v) is 10.3. The van der Waals surface area contributed by atoms with E-state index in [1.54, 1.807) is 0 Å². The van der Waals surface area contributed by atoms with Crippen LogP contribution in [0.5, 0.6) is 0 Å². The molecule has 1 atom stereocenters. The van der Waals surface area contributed by atoms with Crippen LogP contribution >= 0.6 is 7.60 Å². The van der Waals surface area contributed by atoms with Crippen molar-refractivity contribution in [2.75, 3.05) is 18.5 Å². The van der Waals surface area contributed by atoms with Gasteiger partial charge in [0, 0.05) is 5.69 Å². The molecule has 0 bridgehead atoms. The van der Waals surface area contributed by atoms with E-state index in [1.165, 1.54) is 5.56 Å². The Balaban J connectivity index is 2.58. The van der Waals surface area contributed by atoms with Gasteiger partial charge in [-0.15, -0.1) is 0 Å². The van der Waals surface area contributed by atoms with E-state index in [2.05, 4.69) is 24.4 Å². The first kappa shape index (κ1) is 19.7. The van der Waals surface area contributed by atoms with Crippen LogP contribution in [0.25, 0.3) is 0 Å². The zero-order chi connectivity index (χ0) is 18.4. The van der Waals surface area contributed by atoms with E-state index in [4.69, 9.17) is 9.05 Å². The predicted octanol–water partition coefficient (Wildman–Crippen LogP) is 5.99. The third kappa shape index (κ3) is 4.72. The molecule has 0 radical (unpaired) electrons. The third-order valence-electron chi connectivity index (χ3n) is 4.02.